The van der Waals surface area contributed by atoms with Gasteiger partial charge in [-0.15, -0.1) is 0 Å². The average Bonchev–Trinajstić information content (AvgIpc) is 3.86. The van der Waals surface area contributed by atoms with Gasteiger partial charge in [-0.05, 0) is 79.2 Å². The molecule has 2 aliphatic rings. The number of H-pyrrole nitrogens is 1. The highest BCUT2D eigenvalue weighted by molar-refractivity contribution is 5.99. The Kier molecular flexibility index (Phi) is 15.1. The fourth-order valence-corrected chi connectivity index (χ4v) is 8.63. The third kappa shape index (κ3) is 10.7. The third-order valence-electron chi connectivity index (χ3n) is 11.9. The van der Waals surface area contributed by atoms with E-state index in [0.29, 0.717) is 18.4 Å². The number of benzene rings is 2. The number of aromatic hydroxyl groups is 1. The summed E-state index contributed by atoms with van der Waals surface area (Å²) in [6, 6.07) is 7.92. The lowest BCUT2D eigenvalue weighted by molar-refractivity contribution is -0.152. The number of aromatic nitrogens is 1. The number of aromatic amines is 1. The van der Waals surface area contributed by atoms with Crippen LogP contribution in [0, 0.1) is 17.8 Å². The van der Waals surface area contributed by atoms with Crippen LogP contribution in [-0.4, -0.2) is 129 Å². The molecule has 0 bridgehead atoms. The van der Waals surface area contributed by atoms with Gasteiger partial charge < -0.3 is 40.3 Å². The van der Waals surface area contributed by atoms with E-state index >= 15 is 0 Å². The number of carbonyl (C=O) groups is 6. The van der Waals surface area contributed by atoms with E-state index in [4.69, 9.17) is 0 Å². The number of amides is 6. The summed E-state index contributed by atoms with van der Waals surface area (Å²) in [5.74, 6) is -2.87. The second kappa shape index (κ2) is 19.8. The monoisotopic (exact) mass is 827 g/mol. The molecule has 2 fully saturated rings. The molecule has 0 aliphatic carbocycles. The summed E-state index contributed by atoms with van der Waals surface area (Å²) in [7, 11) is 4.66. The first-order valence-corrected chi connectivity index (χ1v) is 21.4. The Labute approximate surface area is 354 Å². The first-order valence-electron chi connectivity index (χ1n) is 21.4. The Morgan fingerprint density at radius 3 is 1.77 bits per heavy atom. The molecule has 60 heavy (non-hydrogen) atoms. The minimum atomic E-state index is -1.10. The number of nitrogens with one attached hydrogen (secondary N) is 3. The van der Waals surface area contributed by atoms with E-state index < -0.39 is 71.7 Å². The third-order valence-corrected chi connectivity index (χ3v) is 11.9. The predicted molar refractivity (Wildman–Crippen MR) is 230 cm³/mol. The van der Waals surface area contributed by atoms with E-state index in [9.17, 15) is 33.9 Å². The minimum Gasteiger partial charge on any atom is -0.508 e. The average molecular weight is 828 g/mol. The van der Waals surface area contributed by atoms with Crippen molar-refractivity contribution in [1.82, 2.24) is 35.2 Å². The molecule has 6 atom stereocenters. The first-order chi connectivity index (χ1) is 28.4. The van der Waals surface area contributed by atoms with Crippen molar-refractivity contribution in [3.63, 3.8) is 0 Å². The second-order valence-electron chi connectivity index (χ2n) is 18.0. The molecule has 5 rings (SSSR count). The lowest BCUT2D eigenvalue weighted by Crippen LogP contribution is -2.62. The predicted octanol–water partition coefficient (Wildman–Crippen LogP) is 4.25. The maximum atomic E-state index is 14.9. The van der Waals surface area contributed by atoms with Gasteiger partial charge in [0, 0.05) is 57.6 Å². The molecule has 1 aromatic heterocycles. The van der Waals surface area contributed by atoms with Gasteiger partial charge in [-0.3, -0.25) is 28.8 Å². The lowest BCUT2D eigenvalue weighted by atomic mass is 9.96. The number of likely N-dealkylation sites (N-methyl/N-ethyl adjacent to an activating group) is 3. The number of hydrogen-bond acceptors (Lipinski definition) is 7. The normalized spacial score (nSPS) is 24.4. The maximum Gasteiger partial charge on any atom is 0.245 e. The zero-order valence-electron chi connectivity index (χ0n) is 36.7. The van der Waals surface area contributed by atoms with E-state index in [1.807, 2.05) is 72.0 Å². The number of rotatable bonds is 10. The van der Waals surface area contributed by atoms with Crippen LogP contribution in [0.3, 0.4) is 0 Å². The Bertz CT molecular complexity index is 2010. The van der Waals surface area contributed by atoms with Crippen LogP contribution < -0.4 is 10.6 Å². The highest BCUT2D eigenvalue weighted by Gasteiger charge is 2.44. The quantitative estimate of drug-likeness (QED) is 0.236. The Balaban J connectivity index is 1.64. The lowest BCUT2D eigenvalue weighted by Gasteiger charge is -2.38. The fraction of sp³-hybridized carbons (Fsp3) is 0.565. The standard InChI is InChI=1S/C46H65N7O7/c1-27(2)21-35-43(57)52(9)40(23-29(5)6)46(60)51(8)39(25-31-26-47-34-14-11-10-13-33(31)34)42(56)49-36(22-28(3)4)44(58)53-20-12-15-37(53)45(59)50(7)38(41(55)48-35)24-30-16-18-32(54)19-17-30/h10-11,13-14,16-19,26-29,35-40,47,54H,12,15,20-25H2,1-9H3,(H,48,55)(H,49,56)/t35-,36-,37+,38-,39-,40+/m0/s1. The van der Waals surface area contributed by atoms with Crippen LogP contribution in [0.25, 0.3) is 10.9 Å². The molecular weight excluding hydrogens is 763 g/mol. The van der Waals surface area contributed by atoms with Gasteiger partial charge in [0.2, 0.25) is 35.4 Å². The molecule has 0 radical (unpaired) electrons. The molecule has 14 heteroatoms. The molecule has 0 spiro atoms. The number of fused-ring (bicyclic) bond motifs is 2. The Morgan fingerprint density at radius 1 is 0.633 bits per heavy atom. The van der Waals surface area contributed by atoms with Crippen molar-refractivity contribution in [3.8, 4) is 5.75 Å². The number of carbonyl (C=O) groups excluding carboxylic acids is 6. The number of phenols is 1. The van der Waals surface area contributed by atoms with E-state index in [1.165, 1.54) is 38.8 Å². The van der Waals surface area contributed by atoms with E-state index in [1.54, 1.807) is 26.2 Å². The van der Waals surface area contributed by atoms with Crippen molar-refractivity contribution in [2.24, 2.45) is 17.8 Å². The van der Waals surface area contributed by atoms with E-state index in [0.717, 1.165) is 16.5 Å². The minimum absolute atomic E-state index is 0.0183. The van der Waals surface area contributed by atoms with Crippen molar-refractivity contribution in [2.45, 2.75) is 123 Å². The summed E-state index contributed by atoms with van der Waals surface area (Å²) >= 11 is 0. The molecule has 2 saturated heterocycles. The first kappa shape index (κ1) is 45.7. The highest BCUT2D eigenvalue weighted by Crippen LogP contribution is 2.27. The van der Waals surface area contributed by atoms with Crippen LogP contribution in [0.1, 0.15) is 84.8 Å². The van der Waals surface area contributed by atoms with Crippen LogP contribution in [0.15, 0.2) is 54.7 Å². The van der Waals surface area contributed by atoms with Crippen molar-refractivity contribution in [1.29, 1.82) is 0 Å². The van der Waals surface area contributed by atoms with Gasteiger partial charge in [0.05, 0.1) is 0 Å². The van der Waals surface area contributed by atoms with Crippen LogP contribution in [0.2, 0.25) is 0 Å². The van der Waals surface area contributed by atoms with Crippen LogP contribution >= 0.6 is 0 Å². The van der Waals surface area contributed by atoms with Gasteiger partial charge in [-0.25, -0.2) is 0 Å². The molecule has 0 saturated carbocycles. The molecule has 2 aliphatic heterocycles. The Hall–Kier alpha value is -5.40. The van der Waals surface area contributed by atoms with E-state index in [2.05, 4.69) is 15.6 Å². The number of phenolic OH excluding ortho intramolecular Hbond substituents is 1. The summed E-state index contributed by atoms with van der Waals surface area (Å²) in [6.07, 6.45) is 3.74. The van der Waals surface area contributed by atoms with Gasteiger partial charge in [0.1, 0.15) is 42.0 Å². The van der Waals surface area contributed by atoms with Gasteiger partial charge in [0.25, 0.3) is 0 Å². The second-order valence-corrected chi connectivity index (χ2v) is 18.0. The molecule has 4 N–H and O–H groups in total. The van der Waals surface area contributed by atoms with Crippen LogP contribution in [-0.2, 0) is 41.6 Å². The summed E-state index contributed by atoms with van der Waals surface area (Å²) in [6.45, 7) is 12.0. The zero-order valence-corrected chi connectivity index (χ0v) is 36.7. The molecule has 6 amide bonds. The molecule has 2 aromatic carbocycles. The van der Waals surface area contributed by atoms with Gasteiger partial charge in [0.15, 0.2) is 0 Å². The smallest absolute Gasteiger partial charge is 0.245 e. The fourth-order valence-electron chi connectivity index (χ4n) is 8.63. The van der Waals surface area contributed by atoms with Crippen molar-refractivity contribution in [3.05, 3.63) is 65.9 Å². The summed E-state index contributed by atoms with van der Waals surface area (Å²) in [5, 5.41) is 16.9. The molecule has 3 heterocycles. The SMILES string of the molecule is CC(C)C[C@@H]1NC(=O)[C@H](Cc2ccc(O)cc2)N(C)C(=O)[C@H]2CCCN2C(=O)[C@H](CC(C)C)NC(=O)[C@H](Cc2c[nH]c3ccccc23)N(C)C(=O)[C@@H](CC(C)C)N(C)C1=O. The number of nitrogens with zero attached hydrogens (tertiary/aromatic N) is 4. The van der Waals surface area contributed by atoms with Gasteiger partial charge in [-0.2, -0.15) is 0 Å². The van der Waals surface area contributed by atoms with Crippen molar-refractivity contribution < 1.29 is 33.9 Å². The topological polar surface area (TPSA) is 175 Å². The zero-order chi connectivity index (χ0) is 44.0. The van der Waals surface area contributed by atoms with Crippen molar-refractivity contribution >= 4 is 46.3 Å². The number of hydrogen-bond donors (Lipinski definition) is 4. The molecule has 14 nitrogen and oxygen atoms in total. The molecular formula is C46H65N7O7. The summed E-state index contributed by atoms with van der Waals surface area (Å²) in [4.78, 5) is 97.2. The van der Waals surface area contributed by atoms with Crippen LogP contribution in [0.5, 0.6) is 5.75 Å². The van der Waals surface area contributed by atoms with Gasteiger partial charge in [-0.1, -0.05) is 71.9 Å². The van der Waals surface area contributed by atoms with E-state index in [-0.39, 0.29) is 62.2 Å². The molecule has 0 unspecified atom stereocenters. The summed E-state index contributed by atoms with van der Waals surface area (Å²) < 4.78 is 0. The summed E-state index contributed by atoms with van der Waals surface area (Å²) in [5.41, 5.74) is 2.35. The highest BCUT2D eigenvalue weighted by atomic mass is 16.3. The van der Waals surface area contributed by atoms with Gasteiger partial charge >= 0.3 is 0 Å². The maximum absolute atomic E-state index is 14.9. The van der Waals surface area contributed by atoms with Crippen LogP contribution in [0.4, 0.5) is 0 Å². The molecule has 3 aromatic rings. The largest absolute Gasteiger partial charge is 0.508 e. The number of para-hydroxylation sites is 1. The van der Waals surface area contributed by atoms with Crippen molar-refractivity contribution in [2.75, 3.05) is 27.7 Å². The molecule has 326 valence electrons. The Morgan fingerprint density at radius 2 is 1.17 bits per heavy atom.